The van der Waals surface area contributed by atoms with E-state index in [1.165, 1.54) is 11.8 Å². The summed E-state index contributed by atoms with van der Waals surface area (Å²) in [6.45, 7) is 2.94. The van der Waals surface area contributed by atoms with E-state index in [9.17, 15) is 19.2 Å². The summed E-state index contributed by atoms with van der Waals surface area (Å²) in [5.41, 5.74) is 5.55. The molecule has 0 radical (unpaired) electrons. The largest absolute Gasteiger partial charge is 0.480 e. The van der Waals surface area contributed by atoms with E-state index in [4.69, 9.17) is 10.8 Å². The molecule has 0 spiro atoms. The summed E-state index contributed by atoms with van der Waals surface area (Å²) in [7, 11) is 0. The van der Waals surface area contributed by atoms with Crippen molar-refractivity contribution in [3.63, 3.8) is 0 Å². The Morgan fingerprint density at radius 2 is 1.95 bits per heavy atom. The molecule has 0 aromatic rings. The van der Waals surface area contributed by atoms with Crippen molar-refractivity contribution >= 4 is 23.7 Å². The summed E-state index contributed by atoms with van der Waals surface area (Å²) in [5, 5.41) is 13.2. The molecule has 0 unspecified atom stereocenters. The van der Waals surface area contributed by atoms with Gasteiger partial charge in [-0.3, -0.25) is 19.2 Å². The van der Waals surface area contributed by atoms with Crippen LogP contribution in [0, 0.1) is 0 Å². The van der Waals surface area contributed by atoms with Crippen molar-refractivity contribution in [1.29, 1.82) is 0 Å². The highest BCUT2D eigenvalue weighted by molar-refractivity contribution is 5.93. The molecule has 1 rings (SSSR count). The number of carboxylic acids is 1. The highest BCUT2D eigenvalue weighted by Crippen LogP contribution is 2.18. The van der Waals surface area contributed by atoms with Gasteiger partial charge >= 0.3 is 5.97 Å². The SMILES string of the molecule is C[C@H](N)C(=O)N1CCC[C@H]1C(=O)N[C@@H](C)C(=O)NCC(=O)O. The number of rotatable bonds is 6. The van der Waals surface area contributed by atoms with E-state index in [0.717, 1.165) is 0 Å². The highest BCUT2D eigenvalue weighted by atomic mass is 16.4. The van der Waals surface area contributed by atoms with Crippen LogP contribution in [0.25, 0.3) is 0 Å². The second-order valence-electron chi connectivity index (χ2n) is 5.32. The van der Waals surface area contributed by atoms with Crippen LogP contribution in [0.2, 0.25) is 0 Å². The first kappa shape index (κ1) is 17.9. The molecule has 0 aliphatic carbocycles. The number of aliphatic carboxylic acids is 1. The minimum Gasteiger partial charge on any atom is -0.480 e. The predicted octanol–water partition coefficient (Wildman–Crippen LogP) is -1.97. The third-order valence-electron chi connectivity index (χ3n) is 3.39. The molecule has 0 bridgehead atoms. The second-order valence-corrected chi connectivity index (χ2v) is 5.32. The van der Waals surface area contributed by atoms with Gasteiger partial charge in [-0.1, -0.05) is 0 Å². The van der Waals surface area contributed by atoms with Gasteiger partial charge in [-0.05, 0) is 26.7 Å². The molecule has 1 aliphatic heterocycles. The molecule has 1 aliphatic rings. The smallest absolute Gasteiger partial charge is 0.322 e. The summed E-state index contributed by atoms with van der Waals surface area (Å²) < 4.78 is 0. The zero-order valence-corrected chi connectivity index (χ0v) is 12.7. The average Bonchev–Trinajstić information content (AvgIpc) is 2.92. The fraction of sp³-hybridized carbons (Fsp3) is 0.692. The van der Waals surface area contributed by atoms with Crippen LogP contribution in [0.1, 0.15) is 26.7 Å². The third kappa shape index (κ3) is 4.69. The Morgan fingerprint density at radius 1 is 1.32 bits per heavy atom. The standard InChI is InChI=1S/C13H22N4O5/c1-7(14)13(22)17-5-3-4-9(17)12(21)16-8(2)11(20)15-6-10(18)19/h7-9H,3-6,14H2,1-2H3,(H,15,20)(H,16,21)(H,18,19)/t7-,8-,9-/m0/s1. The number of carboxylic acid groups (broad SMARTS) is 1. The number of nitrogens with zero attached hydrogens (tertiary/aromatic N) is 1. The van der Waals surface area contributed by atoms with Gasteiger partial charge in [0.2, 0.25) is 17.7 Å². The maximum atomic E-state index is 12.2. The normalized spacial score (nSPS) is 20.1. The molecule has 124 valence electrons. The van der Waals surface area contributed by atoms with Crippen molar-refractivity contribution in [3.8, 4) is 0 Å². The van der Waals surface area contributed by atoms with Crippen molar-refractivity contribution in [2.45, 2.75) is 44.8 Å². The number of carbonyl (C=O) groups is 4. The molecule has 9 nitrogen and oxygen atoms in total. The lowest BCUT2D eigenvalue weighted by Crippen LogP contribution is -2.54. The van der Waals surface area contributed by atoms with E-state index in [2.05, 4.69) is 10.6 Å². The van der Waals surface area contributed by atoms with Crippen molar-refractivity contribution in [1.82, 2.24) is 15.5 Å². The zero-order valence-electron chi connectivity index (χ0n) is 12.7. The molecule has 3 amide bonds. The third-order valence-corrected chi connectivity index (χ3v) is 3.39. The summed E-state index contributed by atoms with van der Waals surface area (Å²) in [6.07, 6.45) is 1.20. The van der Waals surface area contributed by atoms with Crippen LogP contribution < -0.4 is 16.4 Å². The molecular formula is C13H22N4O5. The zero-order chi connectivity index (χ0) is 16.9. The molecule has 3 atom stereocenters. The average molecular weight is 314 g/mol. The molecule has 0 aromatic heterocycles. The lowest BCUT2D eigenvalue weighted by atomic mass is 10.1. The Kier molecular flexibility index (Phi) is 6.29. The lowest BCUT2D eigenvalue weighted by molar-refractivity contribution is -0.140. The van der Waals surface area contributed by atoms with E-state index >= 15 is 0 Å². The van der Waals surface area contributed by atoms with Crippen LogP contribution in [0.5, 0.6) is 0 Å². The van der Waals surface area contributed by atoms with E-state index in [0.29, 0.717) is 19.4 Å². The lowest BCUT2D eigenvalue weighted by Gasteiger charge is -2.26. The van der Waals surface area contributed by atoms with Crippen molar-refractivity contribution in [2.75, 3.05) is 13.1 Å². The van der Waals surface area contributed by atoms with Crippen LogP contribution >= 0.6 is 0 Å². The van der Waals surface area contributed by atoms with Gasteiger partial charge < -0.3 is 26.4 Å². The second kappa shape index (κ2) is 7.74. The molecule has 1 heterocycles. The molecule has 0 aromatic carbocycles. The Morgan fingerprint density at radius 3 is 2.50 bits per heavy atom. The summed E-state index contributed by atoms with van der Waals surface area (Å²) >= 11 is 0. The van der Waals surface area contributed by atoms with Gasteiger partial charge in [0.1, 0.15) is 18.6 Å². The predicted molar refractivity (Wildman–Crippen MR) is 76.6 cm³/mol. The number of amides is 3. The van der Waals surface area contributed by atoms with Crippen LogP contribution in [-0.2, 0) is 19.2 Å². The Balaban J connectivity index is 2.58. The van der Waals surface area contributed by atoms with Crippen LogP contribution in [0.15, 0.2) is 0 Å². The Hall–Kier alpha value is -2.16. The number of nitrogens with two attached hydrogens (primary N) is 1. The van der Waals surface area contributed by atoms with E-state index < -0.39 is 42.5 Å². The first-order valence-corrected chi connectivity index (χ1v) is 7.10. The molecule has 0 saturated carbocycles. The quantitative estimate of drug-likeness (QED) is 0.448. The summed E-state index contributed by atoms with van der Waals surface area (Å²) in [5.74, 6) is -2.51. The Bertz CT molecular complexity index is 465. The van der Waals surface area contributed by atoms with Gasteiger partial charge in [0, 0.05) is 6.54 Å². The summed E-state index contributed by atoms with van der Waals surface area (Å²) in [4.78, 5) is 47.6. The fourth-order valence-electron chi connectivity index (χ4n) is 2.26. The van der Waals surface area contributed by atoms with Gasteiger partial charge in [-0.2, -0.15) is 0 Å². The van der Waals surface area contributed by atoms with Gasteiger partial charge in [-0.15, -0.1) is 0 Å². The monoisotopic (exact) mass is 314 g/mol. The number of hydrogen-bond donors (Lipinski definition) is 4. The number of hydrogen-bond acceptors (Lipinski definition) is 5. The first-order valence-electron chi connectivity index (χ1n) is 7.10. The van der Waals surface area contributed by atoms with Gasteiger partial charge in [0.05, 0.1) is 6.04 Å². The minimum absolute atomic E-state index is 0.305. The molecule has 1 saturated heterocycles. The van der Waals surface area contributed by atoms with Crippen molar-refractivity contribution in [3.05, 3.63) is 0 Å². The maximum Gasteiger partial charge on any atom is 0.322 e. The molecule has 22 heavy (non-hydrogen) atoms. The van der Waals surface area contributed by atoms with Crippen molar-refractivity contribution < 1.29 is 24.3 Å². The van der Waals surface area contributed by atoms with E-state index in [1.54, 1.807) is 6.92 Å². The van der Waals surface area contributed by atoms with Crippen LogP contribution in [0.3, 0.4) is 0 Å². The van der Waals surface area contributed by atoms with Crippen molar-refractivity contribution in [2.24, 2.45) is 5.73 Å². The molecule has 5 N–H and O–H groups in total. The van der Waals surface area contributed by atoms with Gasteiger partial charge in [0.25, 0.3) is 0 Å². The van der Waals surface area contributed by atoms with E-state index in [1.807, 2.05) is 0 Å². The number of carbonyl (C=O) groups excluding carboxylic acids is 3. The minimum atomic E-state index is -1.17. The van der Waals surface area contributed by atoms with Crippen LogP contribution in [0.4, 0.5) is 0 Å². The highest BCUT2D eigenvalue weighted by Gasteiger charge is 2.36. The topological polar surface area (TPSA) is 142 Å². The first-order chi connectivity index (χ1) is 10.2. The van der Waals surface area contributed by atoms with E-state index in [-0.39, 0.29) is 5.91 Å². The number of nitrogens with one attached hydrogen (secondary N) is 2. The van der Waals surface area contributed by atoms with Gasteiger partial charge in [0.15, 0.2) is 0 Å². The molecule has 9 heteroatoms. The maximum absolute atomic E-state index is 12.2. The number of likely N-dealkylation sites (tertiary alicyclic amines) is 1. The fourth-order valence-corrected chi connectivity index (χ4v) is 2.26. The van der Waals surface area contributed by atoms with Gasteiger partial charge in [-0.25, -0.2) is 0 Å². The molecular weight excluding hydrogens is 292 g/mol. The molecule has 1 fully saturated rings. The Labute approximate surface area is 128 Å². The van der Waals surface area contributed by atoms with Crippen LogP contribution in [-0.4, -0.2) is 64.9 Å². The summed E-state index contributed by atoms with van der Waals surface area (Å²) in [6, 6.07) is -2.22.